The number of rotatable bonds is 2. The lowest BCUT2D eigenvalue weighted by atomic mass is 10.3. The quantitative estimate of drug-likeness (QED) is 0.600. The molecule has 0 aromatic heterocycles. The van der Waals surface area contributed by atoms with Gasteiger partial charge < -0.3 is 4.74 Å². The van der Waals surface area contributed by atoms with E-state index in [0.29, 0.717) is 6.61 Å². The molecule has 0 saturated heterocycles. The number of hydrogen-bond acceptors (Lipinski definition) is 1. The molecule has 0 fully saturated rings. The van der Waals surface area contributed by atoms with Gasteiger partial charge in [-0.15, -0.1) is 0 Å². The molecule has 0 aliphatic rings. The first-order valence-electron chi connectivity index (χ1n) is 3.43. The van der Waals surface area contributed by atoms with Crippen LogP contribution in [0.5, 0.6) is 5.75 Å². The lowest BCUT2D eigenvalue weighted by Gasteiger charge is -2.07. The van der Waals surface area contributed by atoms with Crippen LogP contribution in [0.4, 0.5) is 4.39 Å². The summed E-state index contributed by atoms with van der Waals surface area (Å²) in [5, 5.41) is 0.0962. The van der Waals surface area contributed by atoms with Crippen LogP contribution in [0, 0.1) is 9.39 Å². The van der Waals surface area contributed by atoms with Crippen molar-refractivity contribution in [1.29, 1.82) is 0 Å². The Morgan fingerprint density at radius 1 is 1.58 bits per heavy atom. The highest BCUT2D eigenvalue weighted by atomic mass is 127. The molecule has 0 aliphatic carbocycles. The fourth-order valence-electron chi connectivity index (χ4n) is 0.785. The van der Waals surface area contributed by atoms with Gasteiger partial charge in [0.15, 0.2) is 11.6 Å². The first-order chi connectivity index (χ1) is 5.66. The molecule has 0 atom stereocenters. The second kappa shape index (κ2) is 4.28. The van der Waals surface area contributed by atoms with E-state index in [4.69, 9.17) is 16.3 Å². The molecule has 1 aromatic rings. The zero-order valence-electron chi connectivity index (χ0n) is 6.40. The van der Waals surface area contributed by atoms with Crippen molar-refractivity contribution in [3.63, 3.8) is 0 Å². The van der Waals surface area contributed by atoms with Gasteiger partial charge in [0.2, 0.25) is 0 Å². The highest BCUT2D eigenvalue weighted by Gasteiger charge is 2.10. The van der Waals surface area contributed by atoms with Crippen LogP contribution in [0.25, 0.3) is 0 Å². The number of ether oxygens (including phenoxy) is 1. The van der Waals surface area contributed by atoms with Crippen molar-refractivity contribution in [1.82, 2.24) is 0 Å². The van der Waals surface area contributed by atoms with Crippen LogP contribution < -0.4 is 4.74 Å². The molecule has 66 valence electrons. The van der Waals surface area contributed by atoms with Gasteiger partial charge in [-0.05, 0) is 41.6 Å². The second-order valence-corrected chi connectivity index (χ2v) is 3.67. The van der Waals surface area contributed by atoms with Crippen molar-refractivity contribution < 1.29 is 9.13 Å². The van der Waals surface area contributed by atoms with E-state index in [2.05, 4.69) is 0 Å². The van der Waals surface area contributed by atoms with Gasteiger partial charge in [-0.2, -0.15) is 0 Å². The van der Waals surface area contributed by atoms with E-state index in [0.717, 1.165) is 3.57 Å². The van der Waals surface area contributed by atoms with E-state index in [-0.39, 0.29) is 10.8 Å². The maximum Gasteiger partial charge on any atom is 0.184 e. The Hall–Kier alpha value is -0.0300. The van der Waals surface area contributed by atoms with Crippen LogP contribution in [0.15, 0.2) is 12.1 Å². The van der Waals surface area contributed by atoms with E-state index in [1.165, 1.54) is 6.07 Å². The van der Waals surface area contributed by atoms with Crippen molar-refractivity contribution in [2.24, 2.45) is 0 Å². The minimum atomic E-state index is -0.481. The highest BCUT2D eigenvalue weighted by molar-refractivity contribution is 14.1. The summed E-state index contributed by atoms with van der Waals surface area (Å²) >= 11 is 7.57. The molecule has 0 unspecified atom stereocenters. The summed E-state index contributed by atoms with van der Waals surface area (Å²) in [6.07, 6.45) is 0. The Kier molecular flexibility index (Phi) is 3.58. The van der Waals surface area contributed by atoms with E-state index in [1.54, 1.807) is 13.0 Å². The summed E-state index contributed by atoms with van der Waals surface area (Å²) in [5.41, 5.74) is 0. The third-order valence-electron chi connectivity index (χ3n) is 1.29. The normalized spacial score (nSPS) is 10.0. The zero-order chi connectivity index (χ0) is 9.14. The topological polar surface area (TPSA) is 9.23 Å². The van der Waals surface area contributed by atoms with E-state index < -0.39 is 5.82 Å². The third kappa shape index (κ3) is 2.01. The molecule has 0 N–H and O–H groups in total. The molecule has 0 saturated carbocycles. The van der Waals surface area contributed by atoms with Crippen LogP contribution in [-0.4, -0.2) is 6.61 Å². The monoisotopic (exact) mass is 300 g/mol. The van der Waals surface area contributed by atoms with Crippen molar-refractivity contribution in [3.8, 4) is 5.75 Å². The molecule has 4 heteroatoms. The standard InChI is InChI=1S/C8H7ClFIO/c1-2-12-8-6(11)4-3-5(9)7(8)10/h3-4H,2H2,1H3. The lowest BCUT2D eigenvalue weighted by molar-refractivity contribution is 0.319. The van der Waals surface area contributed by atoms with Gasteiger partial charge in [0, 0.05) is 0 Å². The molecule has 0 heterocycles. The Morgan fingerprint density at radius 3 is 2.83 bits per heavy atom. The van der Waals surface area contributed by atoms with Gasteiger partial charge in [-0.1, -0.05) is 11.6 Å². The fourth-order valence-corrected chi connectivity index (χ4v) is 1.51. The second-order valence-electron chi connectivity index (χ2n) is 2.11. The maximum atomic E-state index is 13.2. The van der Waals surface area contributed by atoms with Crippen molar-refractivity contribution in [2.75, 3.05) is 6.61 Å². The maximum absolute atomic E-state index is 13.2. The molecular formula is C8H7ClFIO. The van der Waals surface area contributed by atoms with Gasteiger partial charge >= 0.3 is 0 Å². The van der Waals surface area contributed by atoms with Crippen LogP contribution in [0.2, 0.25) is 5.02 Å². The largest absolute Gasteiger partial charge is 0.490 e. The third-order valence-corrected chi connectivity index (χ3v) is 2.43. The van der Waals surface area contributed by atoms with Gasteiger partial charge in [0.25, 0.3) is 0 Å². The molecule has 0 spiro atoms. The fraction of sp³-hybridized carbons (Fsp3) is 0.250. The van der Waals surface area contributed by atoms with Crippen molar-refractivity contribution in [2.45, 2.75) is 6.92 Å². The summed E-state index contributed by atoms with van der Waals surface area (Å²) in [7, 11) is 0. The van der Waals surface area contributed by atoms with Crippen molar-refractivity contribution in [3.05, 3.63) is 26.5 Å². The molecule has 0 amide bonds. The van der Waals surface area contributed by atoms with Crippen LogP contribution in [-0.2, 0) is 0 Å². The molecule has 1 nitrogen and oxygen atoms in total. The highest BCUT2D eigenvalue weighted by Crippen LogP contribution is 2.29. The van der Waals surface area contributed by atoms with Gasteiger partial charge in [0.05, 0.1) is 15.2 Å². The number of hydrogen-bond donors (Lipinski definition) is 0. The Balaban J connectivity index is 3.14. The number of halogens is 3. The Labute approximate surface area is 89.0 Å². The Bertz CT molecular complexity index is 291. The van der Waals surface area contributed by atoms with Gasteiger partial charge in [0.1, 0.15) is 0 Å². The summed E-state index contributed by atoms with van der Waals surface area (Å²) in [4.78, 5) is 0. The zero-order valence-corrected chi connectivity index (χ0v) is 9.32. The van der Waals surface area contributed by atoms with E-state index in [9.17, 15) is 4.39 Å². The predicted octanol–water partition coefficient (Wildman–Crippen LogP) is 3.48. The summed E-state index contributed by atoms with van der Waals surface area (Å²) < 4.78 is 19.0. The van der Waals surface area contributed by atoms with E-state index in [1.807, 2.05) is 22.6 Å². The minimum Gasteiger partial charge on any atom is -0.490 e. The van der Waals surface area contributed by atoms with Crippen LogP contribution in [0.1, 0.15) is 6.92 Å². The average Bonchev–Trinajstić information content (AvgIpc) is 2.06. The minimum absolute atomic E-state index is 0.0962. The first-order valence-corrected chi connectivity index (χ1v) is 4.88. The SMILES string of the molecule is CCOc1c(I)ccc(Cl)c1F. The molecule has 1 rings (SSSR count). The van der Waals surface area contributed by atoms with Gasteiger partial charge in [-0.3, -0.25) is 0 Å². The molecule has 1 aromatic carbocycles. The molecule has 0 bridgehead atoms. The predicted molar refractivity (Wildman–Crippen MR) is 55.3 cm³/mol. The molecular weight excluding hydrogens is 293 g/mol. The average molecular weight is 300 g/mol. The van der Waals surface area contributed by atoms with Gasteiger partial charge in [-0.25, -0.2) is 4.39 Å². The number of benzene rings is 1. The summed E-state index contributed by atoms with van der Waals surface area (Å²) in [6, 6.07) is 3.23. The molecule has 0 radical (unpaired) electrons. The Morgan fingerprint density at radius 2 is 2.25 bits per heavy atom. The van der Waals surface area contributed by atoms with Crippen LogP contribution in [0.3, 0.4) is 0 Å². The first kappa shape index (κ1) is 10.1. The molecule has 0 aliphatic heterocycles. The van der Waals surface area contributed by atoms with Crippen LogP contribution >= 0.6 is 34.2 Å². The molecule has 12 heavy (non-hydrogen) atoms. The summed E-state index contributed by atoms with van der Waals surface area (Å²) in [6.45, 7) is 2.24. The lowest BCUT2D eigenvalue weighted by Crippen LogP contribution is -1.97. The summed E-state index contributed by atoms with van der Waals surface area (Å²) in [5.74, 6) is -0.240. The smallest absolute Gasteiger partial charge is 0.184 e. The van der Waals surface area contributed by atoms with E-state index >= 15 is 0 Å². The van der Waals surface area contributed by atoms with Crippen molar-refractivity contribution >= 4 is 34.2 Å².